The first-order valence-electron chi connectivity index (χ1n) is 2.72. The van der Waals surface area contributed by atoms with Crippen molar-refractivity contribution in [2.45, 2.75) is 6.92 Å². The number of allylic oxidation sites excluding steroid dienone is 4. The molecule has 0 aliphatic carbocycles. The van der Waals surface area contributed by atoms with E-state index in [1.54, 1.807) is 12.2 Å². The van der Waals surface area contributed by atoms with Gasteiger partial charge in [-0.3, -0.25) is 0 Å². The molecule has 2 N–H and O–H groups in total. The van der Waals surface area contributed by atoms with Crippen LogP contribution in [-0.2, 0) is 0 Å². The molecule has 1 rings (SSSR count). The fraction of sp³-hybridized carbons (Fsp3) is 0.143. The SMILES string of the molecule is CC1=CC=C(N)C=C=N1. The van der Waals surface area contributed by atoms with E-state index in [1.165, 1.54) is 0 Å². The predicted octanol–water partition coefficient (Wildman–Crippen LogP) is 0.972. The van der Waals surface area contributed by atoms with Crippen molar-refractivity contribution in [3.8, 4) is 0 Å². The highest BCUT2D eigenvalue weighted by Crippen LogP contribution is 1.97. The van der Waals surface area contributed by atoms with Crippen molar-refractivity contribution in [3.63, 3.8) is 0 Å². The monoisotopic (exact) mass is 120 g/mol. The Hall–Kier alpha value is -1.27. The summed E-state index contributed by atoms with van der Waals surface area (Å²) in [5, 5.41) is 0. The molecule has 0 aromatic carbocycles. The summed E-state index contributed by atoms with van der Waals surface area (Å²) in [6, 6.07) is 0. The lowest BCUT2D eigenvalue weighted by atomic mass is 10.4. The number of nitrogens with two attached hydrogens (primary N) is 1. The number of nitrogens with zero attached hydrogens (tertiary/aromatic N) is 1. The standard InChI is InChI=1S/C7H8N2/c1-6-2-3-7(8)4-5-9-6/h2-4H,8H2,1H3. The van der Waals surface area contributed by atoms with E-state index in [4.69, 9.17) is 5.73 Å². The van der Waals surface area contributed by atoms with Gasteiger partial charge in [-0.25, -0.2) is 4.99 Å². The molecule has 0 unspecified atom stereocenters. The number of aliphatic imine (C=N–C) groups is 1. The van der Waals surface area contributed by atoms with Crippen LogP contribution in [0.5, 0.6) is 0 Å². The first-order chi connectivity index (χ1) is 4.29. The minimum absolute atomic E-state index is 0.690. The number of rotatable bonds is 0. The molecule has 0 radical (unpaired) electrons. The van der Waals surface area contributed by atoms with Gasteiger partial charge >= 0.3 is 0 Å². The summed E-state index contributed by atoms with van der Waals surface area (Å²) in [6.07, 6.45) is 5.30. The van der Waals surface area contributed by atoms with Gasteiger partial charge in [0.1, 0.15) is 0 Å². The van der Waals surface area contributed by atoms with Crippen molar-refractivity contribution < 1.29 is 0 Å². The molecule has 1 aliphatic rings. The largest absolute Gasteiger partial charge is 0.398 e. The molecule has 1 aliphatic heterocycles. The Labute approximate surface area is 54.1 Å². The van der Waals surface area contributed by atoms with Crippen molar-refractivity contribution in [2.75, 3.05) is 0 Å². The summed E-state index contributed by atoms with van der Waals surface area (Å²) in [5.74, 6) is 2.69. The minimum Gasteiger partial charge on any atom is -0.398 e. The highest BCUT2D eigenvalue weighted by Gasteiger charge is 1.84. The van der Waals surface area contributed by atoms with Crippen LogP contribution in [-0.4, -0.2) is 5.87 Å². The van der Waals surface area contributed by atoms with Crippen LogP contribution in [0.4, 0.5) is 0 Å². The van der Waals surface area contributed by atoms with Gasteiger partial charge < -0.3 is 5.73 Å². The number of hydrogen-bond acceptors (Lipinski definition) is 2. The Kier molecular flexibility index (Phi) is 1.52. The second-order valence-corrected chi connectivity index (χ2v) is 1.86. The van der Waals surface area contributed by atoms with Gasteiger partial charge in [0.25, 0.3) is 0 Å². The first-order valence-corrected chi connectivity index (χ1v) is 2.72. The third-order valence-electron chi connectivity index (χ3n) is 0.989. The second-order valence-electron chi connectivity index (χ2n) is 1.86. The van der Waals surface area contributed by atoms with Gasteiger partial charge in [0.05, 0.1) is 0 Å². The topological polar surface area (TPSA) is 38.4 Å². The summed E-state index contributed by atoms with van der Waals surface area (Å²) >= 11 is 0. The van der Waals surface area contributed by atoms with Crippen LogP contribution in [0.25, 0.3) is 0 Å². The normalized spacial score (nSPS) is 16.6. The molecule has 1 heterocycles. The lowest BCUT2D eigenvalue weighted by molar-refractivity contribution is 1.32. The predicted molar refractivity (Wildman–Crippen MR) is 38.0 cm³/mol. The van der Waals surface area contributed by atoms with E-state index in [2.05, 4.69) is 10.9 Å². The quantitative estimate of drug-likeness (QED) is 0.508. The highest BCUT2D eigenvalue weighted by molar-refractivity contribution is 5.59. The maximum absolute atomic E-state index is 5.44. The van der Waals surface area contributed by atoms with Crippen LogP contribution in [0.15, 0.2) is 34.6 Å². The summed E-state index contributed by atoms with van der Waals surface area (Å²) < 4.78 is 0. The van der Waals surface area contributed by atoms with E-state index < -0.39 is 0 Å². The Bertz CT molecular complexity index is 205. The summed E-state index contributed by atoms with van der Waals surface area (Å²) in [5.41, 5.74) is 7.05. The molecule has 0 saturated heterocycles. The zero-order valence-electron chi connectivity index (χ0n) is 5.26. The summed E-state index contributed by atoms with van der Waals surface area (Å²) in [4.78, 5) is 3.90. The number of hydrogen-bond donors (Lipinski definition) is 1. The Morgan fingerprint density at radius 2 is 2.33 bits per heavy atom. The minimum atomic E-state index is 0.690. The van der Waals surface area contributed by atoms with E-state index in [1.807, 2.05) is 13.0 Å². The lowest BCUT2D eigenvalue weighted by Gasteiger charge is -1.81. The molecule has 0 atom stereocenters. The van der Waals surface area contributed by atoms with Crippen molar-refractivity contribution >= 4 is 5.87 Å². The van der Waals surface area contributed by atoms with Crippen LogP contribution in [0, 0.1) is 0 Å². The van der Waals surface area contributed by atoms with Crippen LogP contribution >= 0.6 is 0 Å². The molecule has 0 aromatic heterocycles. The molecule has 0 saturated carbocycles. The third-order valence-corrected chi connectivity index (χ3v) is 0.989. The van der Waals surface area contributed by atoms with Gasteiger partial charge in [-0.2, -0.15) is 0 Å². The van der Waals surface area contributed by atoms with Crippen LogP contribution < -0.4 is 5.73 Å². The van der Waals surface area contributed by atoms with E-state index in [9.17, 15) is 0 Å². The van der Waals surface area contributed by atoms with Crippen molar-refractivity contribution in [1.82, 2.24) is 0 Å². The molecular formula is C7H8N2. The zero-order chi connectivity index (χ0) is 6.69. The van der Waals surface area contributed by atoms with Gasteiger partial charge in [0, 0.05) is 17.5 Å². The average molecular weight is 120 g/mol. The molecule has 9 heavy (non-hydrogen) atoms. The summed E-state index contributed by atoms with van der Waals surface area (Å²) in [7, 11) is 0. The summed E-state index contributed by atoms with van der Waals surface area (Å²) in [6.45, 7) is 1.90. The molecular weight excluding hydrogens is 112 g/mol. The molecule has 0 aromatic rings. The Morgan fingerprint density at radius 3 is 3.11 bits per heavy atom. The Morgan fingerprint density at radius 1 is 1.56 bits per heavy atom. The van der Waals surface area contributed by atoms with Gasteiger partial charge in [0.15, 0.2) is 0 Å². The van der Waals surface area contributed by atoms with Gasteiger partial charge in [-0.05, 0) is 24.9 Å². The fourth-order valence-electron chi connectivity index (χ4n) is 0.511. The van der Waals surface area contributed by atoms with Crippen molar-refractivity contribution in [3.05, 3.63) is 29.6 Å². The van der Waals surface area contributed by atoms with Crippen LogP contribution in [0.3, 0.4) is 0 Å². The molecule has 2 heteroatoms. The van der Waals surface area contributed by atoms with E-state index in [-0.39, 0.29) is 0 Å². The van der Waals surface area contributed by atoms with Crippen LogP contribution in [0.1, 0.15) is 6.92 Å². The second kappa shape index (κ2) is 2.33. The maximum atomic E-state index is 5.44. The average Bonchev–Trinajstić information content (AvgIpc) is 1.97. The molecule has 0 spiro atoms. The van der Waals surface area contributed by atoms with Crippen LogP contribution in [0.2, 0.25) is 0 Å². The van der Waals surface area contributed by atoms with E-state index >= 15 is 0 Å². The van der Waals surface area contributed by atoms with Crippen molar-refractivity contribution in [2.24, 2.45) is 10.7 Å². The Balaban J connectivity index is 3.00. The van der Waals surface area contributed by atoms with Gasteiger partial charge in [0.2, 0.25) is 0 Å². The van der Waals surface area contributed by atoms with Crippen molar-refractivity contribution in [1.29, 1.82) is 0 Å². The van der Waals surface area contributed by atoms with Gasteiger partial charge in [-0.15, -0.1) is 0 Å². The molecule has 46 valence electrons. The smallest absolute Gasteiger partial charge is 0.0473 e. The van der Waals surface area contributed by atoms with Gasteiger partial charge in [-0.1, -0.05) is 0 Å². The third kappa shape index (κ3) is 1.59. The van der Waals surface area contributed by atoms with E-state index in [0.29, 0.717) is 5.70 Å². The molecule has 2 nitrogen and oxygen atoms in total. The maximum Gasteiger partial charge on any atom is 0.0473 e. The zero-order valence-corrected chi connectivity index (χ0v) is 5.26. The lowest BCUT2D eigenvalue weighted by Crippen LogP contribution is -1.90. The highest BCUT2D eigenvalue weighted by atomic mass is 14.7. The fourth-order valence-corrected chi connectivity index (χ4v) is 0.511. The van der Waals surface area contributed by atoms with E-state index in [0.717, 1.165) is 5.70 Å². The first kappa shape index (κ1) is 5.86. The molecule has 0 amide bonds. The molecule has 0 fully saturated rings. The molecule has 0 bridgehead atoms.